The van der Waals surface area contributed by atoms with Gasteiger partial charge < -0.3 is 53.1 Å². The van der Waals surface area contributed by atoms with E-state index in [4.69, 9.17) is 0 Å². The molecule has 4 unspecified atom stereocenters. The van der Waals surface area contributed by atoms with Crippen LogP contribution in [0.4, 0.5) is 0 Å². The normalized spacial score (nSPS) is 13.9. The van der Waals surface area contributed by atoms with Crippen LogP contribution in [-0.2, 0) is 77.9 Å². The third kappa shape index (κ3) is 58.0. The van der Waals surface area contributed by atoms with Gasteiger partial charge in [-0.3, -0.25) is 50.8 Å². The Morgan fingerprint density at radius 1 is 0.352 bits per heavy atom. The van der Waals surface area contributed by atoms with Crippen molar-refractivity contribution >= 4 is 108 Å². The van der Waals surface area contributed by atoms with Gasteiger partial charge in [0, 0.05) is 120 Å². The highest BCUT2D eigenvalue weighted by Crippen LogP contribution is 2.20. The molecule has 10 rings (SSSR count). The molecule has 2 amide bonds. The van der Waals surface area contributed by atoms with E-state index in [-0.39, 0.29) is 23.4 Å². The first kappa shape index (κ1) is 101. The minimum absolute atomic E-state index is 0.0543. The van der Waals surface area contributed by atoms with Crippen molar-refractivity contribution in [2.24, 2.45) is 0 Å². The molecule has 28 heteroatoms. The van der Waals surface area contributed by atoms with Gasteiger partial charge in [-0.2, -0.15) is 0 Å². The van der Waals surface area contributed by atoms with Crippen molar-refractivity contribution in [3.8, 4) is 11.1 Å². The Hall–Kier alpha value is -7.03. The number of ketones is 5. The standard InChI is InChI=1S/C12H10O2S.3C9H17NO.3C7H8O2S.2C6H11NO2.2C4H5NS/c13-15(14)12-8-6-11(7-9-12)10-4-2-1-3-5-10;3*1-9(11)5-8-10-6-3-2-4-7-10;3*1-6-2-4-7(5-3-6)10(8)9;2*1-5(8)3-4-6(9)7-2;2*1-4-2-5-3-6-4/h1-9H,(H,13,14);3*2-8H2,1H3;3*2-5H,1H3,(H,8,9);2*3-4H2,1-2H3,(H,7,9);2*2-3H,1H3/p-4. The summed E-state index contributed by atoms with van der Waals surface area (Å²) in [5.74, 6) is 0.898. The van der Waals surface area contributed by atoms with E-state index in [0.717, 1.165) is 66.7 Å². The smallest absolute Gasteiger partial charge is 0.220 e. The number of Topliss-reactive ketones (excluding diaryl/α,β-unsaturated/α-hetero) is 5. The summed E-state index contributed by atoms with van der Waals surface area (Å²) in [7, 11) is 3.12. The van der Waals surface area contributed by atoms with E-state index >= 15 is 0 Å². The van der Waals surface area contributed by atoms with Crippen molar-refractivity contribution in [1.82, 2.24) is 35.3 Å². The summed E-state index contributed by atoms with van der Waals surface area (Å²) in [4.78, 5) is 92.2. The number of aromatic nitrogens is 2. The molecule has 598 valence electrons. The minimum atomic E-state index is -2.14. The number of aryl methyl sites for hydroxylation is 5. The average Bonchev–Trinajstić information content (AvgIpc) is 0.995. The fraction of sp³-hybridized carbons (Fsp3) is 0.463. The lowest BCUT2D eigenvalue weighted by atomic mass is 10.1. The van der Waals surface area contributed by atoms with Crippen LogP contribution in [0.2, 0.25) is 0 Å². The lowest BCUT2D eigenvalue weighted by Crippen LogP contribution is -2.31. The molecule has 2 aromatic heterocycles. The number of benzene rings is 5. The second-order valence-corrected chi connectivity index (χ2v) is 31.3. The van der Waals surface area contributed by atoms with E-state index in [1.165, 1.54) is 121 Å². The van der Waals surface area contributed by atoms with Crippen molar-refractivity contribution in [2.75, 3.05) is 73.0 Å². The van der Waals surface area contributed by atoms with E-state index in [0.29, 0.717) is 62.6 Å². The molecule has 0 saturated carbocycles. The van der Waals surface area contributed by atoms with Crippen LogP contribution in [0.5, 0.6) is 0 Å². The third-order valence-corrected chi connectivity index (χ3v) is 19.6. The summed E-state index contributed by atoms with van der Waals surface area (Å²) in [5.41, 5.74) is 8.95. The van der Waals surface area contributed by atoms with Gasteiger partial charge in [0.1, 0.15) is 28.9 Å². The maximum atomic E-state index is 10.7. The van der Waals surface area contributed by atoms with Crippen molar-refractivity contribution < 1.29 is 68.6 Å². The predicted octanol–water partition coefficient (Wildman–Crippen LogP) is 13.8. The molecule has 3 aliphatic heterocycles. The molecule has 0 bridgehead atoms. The van der Waals surface area contributed by atoms with Gasteiger partial charge in [-0.15, -0.1) is 22.7 Å². The van der Waals surface area contributed by atoms with Crippen LogP contribution in [0.1, 0.15) is 164 Å². The SMILES string of the molecule is CC(=O)CCN1CCCCC1.CC(=O)CCN1CCCCC1.CC(=O)CCN1CCCCC1.CNC(=O)CCC(C)=O.CNC(=O)CCC(C)=O.Cc1ccc(S(=O)[O-])cc1.Cc1ccc(S(=O)[O-])cc1.Cc1ccc(S(=O)[O-])cc1.Cc1cncs1.Cc1cncs1.O=S([O-])c1ccc(-c2ccccc2)cc1. The van der Waals surface area contributed by atoms with E-state index in [1.807, 2.05) is 88.4 Å². The third-order valence-electron chi connectivity index (χ3n) is 15.6. The number of rotatable bonds is 20. The first-order valence-corrected chi connectivity index (χ1v) is 41.9. The fourth-order valence-electron chi connectivity index (χ4n) is 9.22. The van der Waals surface area contributed by atoms with E-state index in [2.05, 4.69) is 35.3 Å². The number of piperidine rings is 3. The molecule has 3 saturated heterocycles. The topological polar surface area (TPSA) is 340 Å². The minimum Gasteiger partial charge on any atom is -0.768 e. The number of thiazole rings is 2. The van der Waals surface area contributed by atoms with Crippen LogP contribution in [0.25, 0.3) is 11.1 Å². The molecule has 5 heterocycles. The first-order chi connectivity index (χ1) is 51.3. The Kier molecular flexibility index (Phi) is 59.6. The van der Waals surface area contributed by atoms with Gasteiger partial charge in [0.2, 0.25) is 11.8 Å². The number of carbonyl (C=O) groups excluding carboxylic acids is 7. The van der Waals surface area contributed by atoms with Gasteiger partial charge in [-0.1, -0.05) is 115 Å². The quantitative estimate of drug-likeness (QED) is 0.0669. The van der Waals surface area contributed by atoms with E-state index in [9.17, 15) is 68.6 Å². The van der Waals surface area contributed by atoms with Crippen molar-refractivity contribution in [2.45, 2.75) is 192 Å². The summed E-state index contributed by atoms with van der Waals surface area (Å²) < 4.78 is 83.2. The maximum absolute atomic E-state index is 10.7. The summed E-state index contributed by atoms with van der Waals surface area (Å²) in [6, 6.07) is 36.8. The number of likely N-dealkylation sites (tertiary alicyclic amines) is 3. The molecule has 4 atom stereocenters. The Bertz CT molecular complexity index is 3380. The summed E-state index contributed by atoms with van der Waals surface area (Å²) in [5, 5.41) is 4.86. The van der Waals surface area contributed by atoms with Crippen molar-refractivity contribution in [3.05, 3.63) is 177 Å². The lowest BCUT2D eigenvalue weighted by molar-refractivity contribution is -0.124. The van der Waals surface area contributed by atoms with Crippen LogP contribution in [0, 0.1) is 34.6 Å². The van der Waals surface area contributed by atoms with Crippen LogP contribution in [-0.4, -0.2) is 173 Å². The second-order valence-electron chi connectivity index (χ2n) is 25.3. The van der Waals surface area contributed by atoms with Crippen LogP contribution < -0.4 is 10.6 Å². The second kappa shape index (κ2) is 63.7. The lowest BCUT2D eigenvalue weighted by Gasteiger charge is -2.25. The zero-order chi connectivity index (χ0) is 81.0. The summed E-state index contributed by atoms with van der Waals surface area (Å²) in [6.45, 7) is 27.9. The number of hydrogen-bond donors (Lipinski definition) is 2. The zero-order valence-corrected chi connectivity index (χ0v) is 69.8. The fourth-order valence-corrected chi connectivity index (χ4v) is 11.5. The monoisotopic (exact) mass is 1600 g/mol. The number of carbonyl (C=O) groups is 7. The predicted molar refractivity (Wildman–Crippen MR) is 433 cm³/mol. The summed E-state index contributed by atoms with van der Waals surface area (Å²) >= 11 is -5.07. The van der Waals surface area contributed by atoms with Gasteiger partial charge in [0.15, 0.2) is 0 Å². The average molecular weight is 1610 g/mol. The van der Waals surface area contributed by atoms with Crippen LogP contribution in [0.3, 0.4) is 0 Å². The van der Waals surface area contributed by atoms with Crippen molar-refractivity contribution in [3.63, 3.8) is 0 Å². The molecule has 2 N–H and O–H groups in total. The van der Waals surface area contributed by atoms with E-state index < -0.39 is 44.3 Å². The number of amides is 2. The highest BCUT2D eigenvalue weighted by molar-refractivity contribution is 7.79. The van der Waals surface area contributed by atoms with Gasteiger partial charge in [0.25, 0.3) is 0 Å². The van der Waals surface area contributed by atoms with Gasteiger partial charge in [-0.05, 0) is 251 Å². The van der Waals surface area contributed by atoms with Gasteiger partial charge in [0.05, 0.1) is 11.0 Å². The summed E-state index contributed by atoms with van der Waals surface area (Å²) in [6.07, 6.45) is 19.2. The van der Waals surface area contributed by atoms with Gasteiger partial charge in [-0.25, -0.2) is 0 Å². The Morgan fingerprint density at radius 3 is 0.787 bits per heavy atom. The molecule has 108 heavy (non-hydrogen) atoms. The Balaban J connectivity index is 0.00000117. The maximum Gasteiger partial charge on any atom is 0.220 e. The molecule has 7 aromatic rings. The molecule has 5 aromatic carbocycles. The highest BCUT2D eigenvalue weighted by Gasteiger charge is 2.12. The molecule has 0 aliphatic carbocycles. The molecular formula is C80H113N7O15S6-4. The number of hydrogen-bond acceptors (Lipinski definition) is 22. The number of nitrogens with zero attached hydrogens (tertiary/aromatic N) is 5. The van der Waals surface area contributed by atoms with Gasteiger partial charge >= 0.3 is 0 Å². The van der Waals surface area contributed by atoms with Crippen LogP contribution >= 0.6 is 22.7 Å². The molecular weight excluding hydrogens is 1490 g/mol. The van der Waals surface area contributed by atoms with Crippen molar-refractivity contribution in [1.29, 1.82) is 0 Å². The molecule has 22 nitrogen and oxygen atoms in total. The Labute approximate surface area is 660 Å². The number of nitrogens with one attached hydrogen (secondary N) is 2. The van der Waals surface area contributed by atoms with E-state index in [1.54, 1.807) is 155 Å². The molecule has 3 fully saturated rings. The highest BCUT2D eigenvalue weighted by atomic mass is 32.2. The Morgan fingerprint density at radius 2 is 0.593 bits per heavy atom. The largest absolute Gasteiger partial charge is 0.768 e. The molecule has 0 spiro atoms. The first-order valence-electron chi connectivity index (χ1n) is 35.8. The molecule has 3 aliphatic rings. The zero-order valence-electron chi connectivity index (χ0n) is 64.9. The van der Waals surface area contributed by atoms with Crippen LogP contribution in [0.15, 0.2) is 170 Å². The molecule has 0 radical (unpaired) electrons.